The molecule has 1 aromatic rings. The number of hydrogen-bond donors (Lipinski definition) is 2. The Morgan fingerprint density at radius 3 is 2.20 bits per heavy atom. The molecular formula is C14H21NO4S. The van der Waals surface area contributed by atoms with E-state index in [1.54, 1.807) is 12.1 Å². The van der Waals surface area contributed by atoms with Crippen molar-refractivity contribution in [3.8, 4) is 0 Å². The van der Waals surface area contributed by atoms with Gasteiger partial charge in [-0.1, -0.05) is 13.8 Å². The maximum Gasteiger partial charge on any atom is 0.308 e. The van der Waals surface area contributed by atoms with Crippen molar-refractivity contribution >= 4 is 21.5 Å². The van der Waals surface area contributed by atoms with E-state index in [0.717, 1.165) is 6.26 Å². The number of aliphatic carboxylic acids is 1. The van der Waals surface area contributed by atoms with Crippen molar-refractivity contribution in [3.63, 3.8) is 0 Å². The largest absolute Gasteiger partial charge is 0.481 e. The summed E-state index contributed by atoms with van der Waals surface area (Å²) in [6, 6.07) is 6.31. The van der Waals surface area contributed by atoms with Gasteiger partial charge in [0.1, 0.15) is 0 Å². The van der Waals surface area contributed by atoms with Crippen molar-refractivity contribution in [1.82, 2.24) is 0 Å². The van der Waals surface area contributed by atoms with Gasteiger partial charge in [-0.3, -0.25) is 4.79 Å². The average Bonchev–Trinajstić information content (AvgIpc) is 2.33. The van der Waals surface area contributed by atoms with Crippen LogP contribution in [-0.4, -0.2) is 32.3 Å². The number of anilines is 1. The van der Waals surface area contributed by atoms with E-state index < -0.39 is 21.7 Å². The van der Waals surface area contributed by atoms with Crippen LogP contribution in [0.25, 0.3) is 0 Å². The van der Waals surface area contributed by atoms with Crippen molar-refractivity contribution in [2.24, 2.45) is 11.8 Å². The Kier molecular flexibility index (Phi) is 5.56. The Balaban J connectivity index is 2.67. The Hall–Kier alpha value is -1.56. The molecule has 0 fully saturated rings. The van der Waals surface area contributed by atoms with Gasteiger partial charge in [-0.25, -0.2) is 8.42 Å². The molecule has 112 valence electrons. The Labute approximate surface area is 119 Å². The van der Waals surface area contributed by atoms with Crippen molar-refractivity contribution < 1.29 is 18.3 Å². The van der Waals surface area contributed by atoms with Crippen molar-refractivity contribution in [3.05, 3.63) is 24.3 Å². The molecule has 0 aliphatic heterocycles. The van der Waals surface area contributed by atoms with Crippen LogP contribution < -0.4 is 5.32 Å². The topological polar surface area (TPSA) is 83.5 Å². The van der Waals surface area contributed by atoms with Crippen LogP contribution >= 0.6 is 0 Å². The molecular weight excluding hydrogens is 278 g/mol. The summed E-state index contributed by atoms with van der Waals surface area (Å²) in [6.45, 7) is 4.29. The first-order valence-corrected chi connectivity index (χ1v) is 8.36. The summed E-state index contributed by atoms with van der Waals surface area (Å²) in [5, 5.41) is 12.2. The molecule has 0 saturated carbocycles. The molecule has 0 heterocycles. The number of carbonyl (C=O) groups is 1. The molecule has 1 unspecified atom stereocenters. The minimum atomic E-state index is -3.20. The number of benzene rings is 1. The summed E-state index contributed by atoms with van der Waals surface area (Å²) in [5.41, 5.74) is 0.715. The van der Waals surface area contributed by atoms with E-state index in [0.29, 0.717) is 24.6 Å². The minimum Gasteiger partial charge on any atom is -0.481 e. The maximum absolute atomic E-state index is 11.3. The van der Waals surface area contributed by atoms with Gasteiger partial charge in [0, 0.05) is 18.5 Å². The number of nitrogens with one attached hydrogen (secondary N) is 1. The highest BCUT2D eigenvalue weighted by Crippen LogP contribution is 2.16. The van der Waals surface area contributed by atoms with Crippen LogP contribution in [0, 0.1) is 11.8 Å². The number of carboxylic acids is 1. The maximum atomic E-state index is 11.3. The second-order valence-electron chi connectivity index (χ2n) is 5.34. The number of carboxylic acid groups (broad SMARTS) is 1. The lowest BCUT2D eigenvalue weighted by Crippen LogP contribution is -2.24. The lowest BCUT2D eigenvalue weighted by molar-refractivity contribution is -0.141. The minimum absolute atomic E-state index is 0.250. The highest BCUT2D eigenvalue weighted by atomic mass is 32.2. The first kappa shape index (κ1) is 16.5. The van der Waals surface area contributed by atoms with E-state index in [4.69, 9.17) is 5.11 Å². The molecule has 2 N–H and O–H groups in total. The van der Waals surface area contributed by atoms with E-state index in [-0.39, 0.29) is 4.90 Å². The average molecular weight is 299 g/mol. The lowest BCUT2D eigenvalue weighted by Gasteiger charge is -2.16. The van der Waals surface area contributed by atoms with Gasteiger partial charge in [0.15, 0.2) is 9.84 Å². The van der Waals surface area contributed by atoms with Gasteiger partial charge in [0.25, 0.3) is 0 Å². The molecule has 6 heteroatoms. The fourth-order valence-electron chi connectivity index (χ4n) is 1.90. The zero-order chi connectivity index (χ0) is 15.3. The predicted octanol–water partition coefficient (Wildman–Crippen LogP) is 2.25. The van der Waals surface area contributed by atoms with Crippen LogP contribution in [-0.2, 0) is 14.6 Å². The van der Waals surface area contributed by atoms with Crippen LogP contribution in [0.4, 0.5) is 5.69 Å². The second-order valence-corrected chi connectivity index (χ2v) is 7.36. The molecule has 20 heavy (non-hydrogen) atoms. The summed E-state index contributed by atoms with van der Waals surface area (Å²) >= 11 is 0. The third-order valence-corrected chi connectivity index (χ3v) is 4.07. The lowest BCUT2D eigenvalue weighted by atomic mass is 9.97. The molecule has 0 aromatic heterocycles. The van der Waals surface area contributed by atoms with E-state index in [9.17, 15) is 13.2 Å². The quantitative estimate of drug-likeness (QED) is 0.807. The molecule has 1 atom stereocenters. The van der Waals surface area contributed by atoms with Gasteiger partial charge in [-0.2, -0.15) is 0 Å². The molecule has 1 rings (SSSR count). The first-order valence-electron chi connectivity index (χ1n) is 6.47. The van der Waals surface area contributed by atoms with Gasteiger partial charge < -0.3 is 10.4 Å². The van der Waals surface area contributed by atoms with Crippen molar-refractivity contribution in [2.75, 3.05) is 18.1 Å². The Morgan fingerprint density at radius 2 is 1.80 bits per heavy atom. The van der Waals surface area contributed by atoms with Crippen LogP contribution in [0.2, 0.25) is 0 Å². The van der Waals surface area contributed by atoms with Crippen molar-refractivity contribution in [1.29, 1.82) is 0 Å². The van der Waals surface area contributed by atoms with Crippen molar-refractivity contribution in [2.45, 2.75) is 25.2 Å². The summed E-state index contributed by atoms with van der Waals surface area (Å²) in [6.07, 6.45) is 1.75. The molecule has 0 aliphatic carbocycles. The van der Waals surface area contributed by atoms with E-state index in [1.165, 1.54) is 12.1 Å². The Bertz CT molecular complexity index is 549. The Morgan fingerprint density at radius 1 is 1.25 bits per heavy atom. The van der Waals surface area contributed by atoms with E-state index in [2.05, 4.69) is 5.32 Å². The molecule has 0 amide bonds. The summed E-state index contributed by atoms with van der Waals surface area (Å²) in [7, 11) is -3.20. The number of hydrogen-bond acceptors (Lipinski definition) is 4. The summed E-state index contributed by atoms with van der Waals surface area (Å²) in [4.78, 5) is 11.4. The highest BCUT2D eigenvalue weighted by molar-refractivity contribution is 7.90. The monoisotopic (exact) mass is 299 g/mol. The van der Waals surface area contributed by atoms with Gasteiger partial charge in [0.05, 0.1) is 10.8 Å². The summed E-state index contributed by atoms with van der Waals surface area (Å²) in [5.74, 6) is -0.964. The normalized spacial score (nSPS) is 13.2. The van der Waals surface area contributed by atoms with Crippen LogP contribution in [0.15, 0.2) is 29.2 Å². The number of sulfone groups is 1. The standard InChI is InChI=1S/C14H21NO4S/c1-10(2)8-11(14(16)17)9-15-12-4-6-13(7-5-12)20(3,18)19/h4-7,10-11,15H,8-9H2,1-3H3,(H,16,17). The molecule has 0 spiro atoms. The second kappa shape index (κ2) is 6.74. The molecule has 5 nitrogen and oxygen atoms in total. The molecule has 0 bridgehead atoms. The van der Waals surface area contributed by atoms with Gasteiger partial charge in [-0.15, -0.1) is 0 Å². The van der Waals surface area contributed by atoms with Gasteiger partial charge >= 0.3 is 5.97 Å². The zero-order valence-electron chi connectivity index (χ0n) is 12.0. The first-order chi connectivity index (χ1) is 9.20. The summed E-state index contributed by atoms with van der Waals surface area (Å²) < 4.78 is 22.6. The number of rotatable bonds is 7. The van der Waals surface area contributed by atoms with E-state index in [1.807, 2.05) is 13.8 Å². The van der Waals surface area contributed by atoms with Gasteiger partial charge in [0.2, 0.25) is 0 Å². The molecule has 0 aliphatic rings. The smallest absolute Gasteiger partial charge is 0.308 e. The zero-order valence-corrected chi connectivity index (χ0v) is 12.8. The van der Waals surface area contributed by atoms with Gasteiger partial charge in [-0.05, 0) is 36.6 Å². The molecule has 0 saturated heterocycles. The molecule has 1 aromatic carbocycles. The fraction of sp³-hybridized carbons (Fsp3) is 0.500. The predicted molar refractivity (Wildman–Crippen MR) is 78.6 cm³/mol. The molecule has 0 radical (unpaired) electrons. The SMILES string of the molecule is CC(C)CC(CNc1ccc(S(C)(=O)=O)cc1)C(=O)O. The third kappa shape index (κ3) is 5.21. The fourth-order valence-corrected chi connectivity index (χ4v) is 2.53. The third-order valence-electron chi connectivity index (χ3n) is 2.94. The van der Waals surface area contributed by atoms with E-state index >= 15 is 0 Å². The van der Waals surface area contributed by atoms with Crippen LogP contribution in [0.1, 0.15) is 20.3 Å². The highest BCUT2D eigenvalue weighted by Gasteiger charge is 2.18. The van der Waals surface area contributed by atoms with Crippen LogP contribution in [0.5, 0.6) is 0 Å². The van der Waals surface area contributed by atoms with Crippen LogP contribution in [0.3, 0.4) is 0 Å².